The molecule has 0 unspecified atom stereocenters. The van der Waals surface area contributed by atoms with Crippen molar-refractivity contribution in [2.75, 3.05) is 12.4 Å². The Balaban J connectivity index is 1.85. The number of hydrogen-bond donors (Lipinski definition) is 1. The molecule has 2 heterocycles. The van der Waals surface area contributed by atoms with Crippen LogP contribution in [0.5, 0.6) is 5.75 Å². The summed E-state index contributed by atoms with van der Waals surface area (Å²) in [6.07, 6.45) is 9.53. The zero-order valence-corrected chi connectivity index (χ0v) is 14.6. The van der Waals surface area contributed by atoms with Crippen LogP contribution in [0.4, 0.5) is 5.69 Å². The first kappa shape index (κ1) is 16.6. The van der Waals surface area contributed by atoms with E-state index in [1.807, 2.05) is 13.0 Å². The number of amides is 1. The minimum absolute atomic E-state index is 0.114. The van der Waals surface area contributed by atoms with Gasteiger partial charge in [0.2, 0.25) is 0 Å². The molecule has 2 aromatic heterocycles. The van der Waals surface area contributed by atoms with Crippen molar-refractivity contribution in [3.8, 4) is 5.75 Å². The summed E-state index contributed by atoms with van der Waals surface area (Å²) in [7, 11) is 1.58. The second-order valence-electron chi connectivity index (χ2n) is 6.48. The average molecular weight is 327 g/mol. The van der Waals surface area contributed by atoms with E-state index in [2.05, 4.69) is 21.8 Å². The fraction of sp³-hybridized carbons (Fsp3) is 0.474. The van der Waals surface area contributed by atoms with Crippen molar-refractivity contribution in [3.63, 3.8) is 0 Å². The van der Waals surface area contributed by atoms with E-state index in [-0.39, 0.29) is 5.91 Å². The number of aryl methyl sites for hydroxylation is 1. The lowest BCUT2D eigenvalue weighted by Gasteiger charge is -2.26. The normalized spacial score (nSPS) is 15.3. The van der Waals surface area contributed by atoms with E-state index in [9.17, 15) is 4.79 Å². The van der Waals surface area contributed by atoms with E-state index in [4.69, 9.17) is 4.74 Å². The Labute approximate surface area is 143 Å². The molecule has 1 aliphatic rings. The van der Waals surface area contributed by atoms with Gasteiger partial charge < -0.3 is 14.6 Å². The molecule has 0 saturated heterocycles. The standard InChI is InChI=1S/C19H25N3O2/c1-13-11-16(14(2)22(13)15-7-5-4-6-8-15)19(23)21-17-12-20-10-9-18(17)24-3/h9-12,15H,4-8H2,1-3H3,(H,21,23). The number of ether oxygens (including phenoxy) is 1. The Hall–Kier alpha value is -2.30. The summed E-state index contributed by atoms with van der Waals surface area (Å²) < 4.78 is 7.62. The second-order valence-corrected chi connectivity index (χ2v) is 6.48. The van der Waals surface area contributed by atoms with E-state index in [0.29, 0.717) is 17.5 Å². The minimum Gasteiger partial charge on any atom is -0.494 e. The summed E-state index contributed by atoms with van der Waals surface area (Å²) >= 11 is 0. The number of aromatic nitrogens is 2. The third-order valence-corrected chi connectivity index (χ3v) is 4.92. The van der Waals surface area contributed by atoms with Gasteiger partial charge in [0, 0.05) is 29.7 Å². The second kappa shape index (κ2) is 7.07. The number of anilines is 1. The van der Waals surface area contributed by atoms with Gasteiger partial charge in [0.15, 0.2) is 0 Å². The van der Waals surface area contributed by atoms with E-state index < -0.39 is 0 Å². The zero-order valence-electron chi connectivity index (χ0n) is 14.6. The van der Waals surface area contributed by atoms with Gasteiger partial charge in [-0.3, -0.25) is 9.78 Å². The SMILES string of the molecule is COc1ccncc1NC(=O)c1cc(C)n(C2CCCCC2)c1C. The predicted molar refractivity (Wildman–Crippen MR) is 94.8 cm³/mol. The zero-order chi connectivity index (χ0) is 17.1. The Bertz CT molecular complexity index is 730. The third-order valence-electron chi connectivity index (χ3n) is 4.92. The van der Waals surface area contributed by atoms with Crippen LogP contribution in [0, 0.1) is 13.8 Å². The predicted octanol–water partition coefficient (Wildman–Crippen LogP) is 4.27. The maximum Gasteiger partial charge on any atom is 0.257 e. The van der Waals surface area contributed by atoms with Crippen molar-refractivity contribution in [2.24, 2.45) is 0 Å². The van der Waals surface area contributed by atoms with Gasteiger partial charge in [0.25, 0.3) is 5.91 Å². The topological polar surface area (TPSA) is 56.1 Å². The van der Waals surface area contributed by atoms with E-state index in [0.717, 1.165) is 17.0 Å². The van der Waals surface area contributed by atoms with Gasteiger partial charge in [-0.1, -0.05) is 19.3 Å². The number of pyridine rings is 1. The van der Waals surface area contributed by atoms with Crippen molar-refractivity contribution in [3.05, 3.63) is 41.5 Å². The van der Waals surface area contributed by atoms with Crippen LogP contribution in [0.15, 0.2) is 24.5 Å². The van der Waals surface area contributed by atoms with Crippen molar-refractivity contribution in [1.29, 1.82) is 0 Å². The van der Waals surface area contributed by atoms with Gasteiger partial charge in [0.1, 0.15) is 11.4 Å². The number of nitrogens with one attached hydrogen (secondary N) is 1. The highest BCUT2D eigenvalue weighted by Crippen LogP contribution is 2.32. The largest absolute Gasteiger partial charge is 0.494 e. The number of nitrogens with zero attached hydrogens (tertiary/aromatic N) is 2. The van der Waals surface area contributed by atoms with Gasteiger partial charge in [-0.25, -0.2) is 0 Å². The smallest absolute Gasteiger partial charge is 0.257 e. The van der Waals surface area contributed by atoms with Crippen LogP contribution in [0.2, 0.25) is 0 Å². The van der Waals surface area contributed by atoms with Crippen LogP contribution < -0.4 is 10.1 Å². The van der Waals surface area contributed by atoms with Crippen LogP contribution in [-0.4, -0.2) is 22.6 Å². The van der Waals surface area contributed by atoms with Gasteiger partial charge in [0.05, 0.1) is 18.9 Å². The molecule has 2 aromatic rings. The van der Waals surface area contributed by atoms with Crippen molar-refractivity contribution in [2.45, 2.75) is 52.0 Å². The fourth-order valence-electron chi connectivity index (χ4n) is 3.75. The first-order valence-electron chi connectivity index (χ1n) is 8.59. The summed E-state index contributed by atoms with van der Waals surface area (Å²) in [5.41, 5.74) is 3.51. The van der Waals surface area contributed by atoms with Crippen molar-refractivity contribution < 1.29 is 9.53 Å². The van der Waals surface area contributed by atoms with Gasteiger partial charge in [-0.15, -0.1) is 0 Å². The van der Waals surface area contributed by atoms with Crippen molar-refractivity contribution in [1.82, 2.24) is 9.55 Å². The number of methoxy groups -OCH3 is 1. The van der Waals surface area contributed by atoms with E-state index in [1.165, 1.54) is 32.1 Å². The molecule has 1 saturated carbocycles. The van der Waals surface area contributed by atoms with Crippen LogP contribution in [0.3, 0.4) is 0 Å². The number of rotatable bonds is 4. The molecule has 5 nitrogen and oxygen atoms in total. The molecular formula is C19H25N3O2. The Kier molecular flexibility index (Phi) is 4.88. The lowest BCUT2D eigenvalue weighted by molar-refractivity contribution is 0.102. The molecule has 0 radical (unpaired) electrons. The number of carbonyl (C=O) groups excluding carboxylic acids is 1. The summed E-state index contributed by atoms with van der Waals surface area (Å²) in [5, 5.41) is 2.92. The lowest BCUT2D eigenvalue weighted by atomic mass is 9.95. The van der Waals surface area contributed by atoms with Crippen LogP contribution in [-0.2, 0) is 0 Å². The van der Waals surface area contributed by atoms with Gasteiger partial charge in [-0.2, -0.15) is 0 Å². The Morgan fingerprint density at radius 3 is 2.75 bits per heavy atom. The molecule has 1 amide bonds. The highest BCUT2D eigenvalue weighted by Gasteiger charge is 2.23. The van der Waals surface area contributed by atoms with Crippen LogP contribution in [0.1, 0.15) is 59.9 Å². The summed E-state index contributed by atoms with van der Waals surface area (Å²) in [5.74, 6) is 0.496. The highest BCUT2D eigenvalue weighted by molar-refractivity contribution is 6.06. The summed E-state index contributed by atoms with van der Waals surface area (Å²) in [6.45, 7) is 4.13. The Morgan fingerprint density at radius 1 is 1.29 bits per heavy atom. The quantitative estimate of drug-likeness (QED) is 0.912. The summed E-state index contributed by atoms with van der Waals surface area (Å²) in [6, 6.07) is 4.25. The lowest BCUT2D eigenvalue weighted by Crippen LogP contribution is -2.17. The maximum atomic E-state index is 12.7. The average Bonchev–Trinajstić information content (AvgIpc) is 2.90. The third kappa shape index (κ3) is 3.16. The van der Waals surface area contributed by atoms with Crippen molar-refractivity contribution >= 4 is 11.6 Å². The fourth-order valence-corrected chi connectivity index (χ4v) is 3.75. The number of hydrogen-bond acceptors (Lipinski definition) is 3. The van der Waals surface area contributed by atoms with E-state index >= 15 is 0 Å². The van der Waals surface area contributed by atoms with Crippen LogP contribution in [0.25, 0.3) is 0 Å². The summed E-state index contributed by atoms with van der Waals surface area (Å²) in [4.78, 5) is 16.8. The van der Waals surface area contributed by atoms with E-state index in [1.54, 1.807) is 25.6 Å². The molecule has 0 bridgehead atoms. The minimum atomic E-state index is -0.114. The molecule has 0 aliphatic heterocycles. The maximum absolute atomic E-state index is 12.7. The monoisotopic (exact) mass is 327 g/mol. The molecule has 24 heavy (non-hydrogen) atoms. The molecule has 1 fully saturated rings. The molecule has 3 rings (SSSR count). The van der Waals surface area contributed by atoms with Gasteiger partial charge >= 0.3 is 0 Å². The molecule has 0 aromatic carbocycles. The molecule has 0 spiro atoms. The molecule has 128 valence electrons. The Morgan fingerprint density at radius 2 is 2.04 bits per heavy atom. The molecule has 5 heteroatoms. The molecular weight excluding hydrogens is 302 g/mol. The highest BCUT2D eigenvalue weighted by atomic mass is 16.5. The first-order valence-corrected chi connectivity index (χ1v) is 8.59. The first-order chi connectivity index (χ1) is 11.6. The molecule has 1 aliphatic carbocycles. The number of carbonyl (C=O) groups is 1. The van der Waals surface area contributed by atoms with Crippen LogP contribution >= 0.6 is 0 Å². The molecule has 0 atom stereocenters. The molecule has 1 N–H and O–H groups in total. The van der Waals surface area contributed by atoms with Gasteiger partial charge in [-0.05, 0) is 32.8 Å².